The van der Waals surface area contributed by atoms with Gasteiger partial charge in [0.05, 0.1) is 14.1 Å². The summed E-state index contributed by atoms with van der Waals surface area (Å²) in [7, 11) is 7.50. The minimum Gasteiger partial charge on any atom is -1.00 e. The van der Waals surface area contributed by atoms with Gasteiger partial charge in [0, 0.05) is 19.8 Å². The lowest BCUT2D eigenvalue weighted by molar-refractivity contribution is -0.909. The van der Waals surface area contributed by atoms with Gasteiger partial charge in [-0.2, -0.15) is 0 Å². The van der Waals surface area contributed by atoms with Crippen LogP contribution >= 0.6 is 0 Å². The Balaban J connectivity index is 0.00000261. The molecule has 0 aliphatic carbocycles. The van der Waals surface area contributed by atoms with Crippen molar-refractivity contribution in [2.75, 3.05) is 34.9 Å². The summed E-state index contributed by atoms with van der Waals surface area (Å²) >= 11 is 0. The molecule has 0 radical (unpaired) electrons. The summed E-state index contributed by atoms with van der Waals surface area (Å²) < 4.78 is 11.3. The smallest absolute Gasteiger partial charge is 0.207 e. The first-order valence-corrected chi connectivity index (χ1v) is 8.44. The Morgan fingerprint density at radius 1 is 1.04 bits per heavy atom. The number of rotatable bonds is 7. The average Bonchev–Trinajstić information content (AvgIpc) is 3.05. The summed E-state index contributed by atoms with van der Waals surface area (Å²) in [6, 6.07) is 13.1. The van der Waals surface area contributed by atoms with E-state index in [-0.39, 0.29) is 29.0 Å². The van der Waals surface area contributed by atoms with Crippen molar-refractivity contribution in [3.05, 3.63) is 48.0 Å². The molecule has 0 unspecified atom stereocenters. The van der Waals surface area contributed by atoms with Gasteiger partial charge >= 0.3 is 0 Å². The summed E-state index contributed by atoms with van der Waals surface area (Å²) in [5.74, 6) is 0.144. The van der Waals surface area contributed by atoms with Gasteiger partial charge in [-0.05, 0) is 30.3 Å². The van der Waals surface area contributed by atoms with Crippen molar-refractivity contribution in [3.63, 3.8) is 0 Å². The van der Waals surface area contributed by atoms with Crippen LogP contribution in [-0.2, 0) is 16.0 Å². The Bertz CT molecular complexity index is 861. The predicted molar refractivity (Wildman–Crippen MR) is 99.0 cm³/mol. The fourth-order valence-electron chi connectivity index (χ4n) is 3.00. The van der Waals surface area contributed by atoms with Crippen LogP contribution in [0.25, 0.3) is 16.7 Å². The van der Waals surface area contributed by atoms with E-state index in [4.69, 9.17) is 9.47 Å². The zero-order valence-electron chi connectivity index (χ0n) is 16.0. The number of ether oxygens (including phenoxy) is 2. The molecule has 3 rings (SSSR count). The molecule has 2 aromatic carbocycles. The molecule has 0 bridgehead atoms. The van der Waals surface area contributed by atoms with Crippen LogP contribution in [0.1, 0.15) is 5.56 Å². The summed E-state index contributed by atoms with van der Waals surface area (Å²) in [5.41, 5.74) is 3.21. The topological polar surface area (TPSA) is 69.4 Å². The predicted octanol–water partition coefficient (Wildman–Crippen LogP) is -0.675. The van der Waals surface area contributed by atoms with Crippen LogP contribution in [0.5, 0.6) is 5.75 Å². The number of aromatic hydroxyl groups is 1. The van der Waals surface area contributed by atoms with E-state index in [2.05, 4.69) is 24.3 Å². The van der Waals surface area contributed by atoms with Crippen LogP contribution in [0.15, 0.2) is 42.5 Å². The number of aromatic nitrogens is 3. The number of fused-ring (bicyclic) bond motifs is 1. The van der Waals surface area contributed by atoms with Gasteiger partial charge in [0.15, 0.2) is 0 Å². The maximum atomic E-state index is 10.3. The second kappa shape index (κ2) is 8.79. The number of hydrogen-bond acceptors (Lipinski definition) is 5. The molecule has 0 spiro atoms. The highest BCUT2D eigenvalue weighted by Crippen LogP contribution is 2.24. The number of phenols is 1. The van der Waals surface area contributed by atoms with Gasteiger partial charge in [-0.15, -0.1) is 15.0 Å². The highest BCUT2D eigenvalue weighted by atomic mass is 79.9. The van der Waals surface area contributed by atoms with E-state index in [0.29, 0.717) is 16.7 Å². The molecule has 0 atom stereocenters. The average molecular weight is 437 g/mol. The Hall–Kier alpha value is -2.00. The van der Waals surface area contributed by atoms with Gasteiger partial charge < -0.3 is 36.0 Å². The highest BCUT2D eigenvalue weighted by Gasteiger charge is 2.23. The largest absolute Gasteiger partial charge is 1.00 e. The lowest BCUT2D eigenvalue weighted by Crippen LogP contribution is -3.00. The van der Waals surface area contributed by atoms with Crippen LogP contribution < -0.4 is 17.0 Å². The maximum absolute atomic E-state index is 10.3. The molecule has 0 aliphatic heterocycles. The molecule has 1 heterocycles. The van der Waals surface area contributed by atoms with Gasteiger partial charge in [-0.25, -0.2) is 0 Å². The van der Waals surface area contributed by atoms with E-state index < -0.39 is 0 Å². The van der Waals surface area contributed by atoms with Crippen LogP contribution in [0.4, 0.5) is 0 Å². The normalized spacial score (nSPS) is 11.7. The molecule has 0 saturated carbocycles. The molecule has 0 amide bonds. The minimum absolute atomic E-state index is 0. The quantitative estimate of drug-likeness (QED) is 0.392. The molecule has 1 N–H and O–H groups in total. The first-order chi connectivity index (χ1) is 12.4. The van der Waals surface area contributed by atoms with E-state index in [1.165, 1.54) is 4.80 Å². The van der Waals surface area contributed by atoms with Gasteiger partial charge in [-0.3, -0.25) is 0 Å². The number of likely N-dealkylation sites (N-methyl/N-ethyl adjacent to an activating group) is 1. The Kier molecular flexibility index (Phi) is 6.94. The summed E-state index contributed by atoms with van der Waals surface area (Å²) in [6.45, 7) is 1.45. The van der Waals surface area contributed by atoms with Crippen molar-refractivity contribution >= 4 is 11.0 Å². The van der Waals surface area contributed by atoms with E-state index in [1.807, 2.05) is 36.4 Å². The lowest BCUT2D eigenvalue weighted by atomic mass is 10.1. The third-order valence-electron chi connectivity index (χ3n) is 4.32. The van der Waals surface area contributed by atoms with Crippen LogP contribution in [0.2, 0.25) is 0 Å². The third kappa shape index (κ3) is 5.04. The summed E-state index contributed by atoms with van der Waals surface area (Å²) in [5, 5.41) is 19.2. The van der Waals surface area contributed by atoms with Crippen molar-refractivity contribution in [2.24, 2.45) is 0 Å². The number of nitrogens with zero attached hydrogens (tertiary/aromatic N) is 4. The molecule has 1 aromatic heterocycles. The minimum atomic E-state index is -0.264. The first-order valence-electron chi connectivity index (χ1n) is 8.44. The van der Waals surface area contributed by atoms with Gasteiger partial charge in [0.2, 0.25) is 6.29 Å². The number of hydrogen-bond donors (Lipinski definition) is 1. The summed E-state index contributed by atoms with van der Waals surface area (Å²) in [6.07, 6.45) is -0.264. The van der Waals surface area contributed by atoms with E-state index >= 15 is 0 Å². The molecule has 27 heavy (non-hydrogen) atoms. The number of phenolic OH excluding ortho intramolecular Hbond substituents is 1. The van der Waals surface area contributed by atoms with Crippen molar-refractivity contribution in [3.8, 4) is 11.4 Å². The fourth-order valence-corrected chi connectivity index (χ4v) is 3.00. The van der Waals surface area contributed by atoms with Gasteiger partial charge in [0.25, 0.3) is 0 Å². The Labute approximate surface area is 169 Å². The zero-order chi connectivity index (χ0) is 18.7. The fraction of sp³-hybridized carbons (Fsp3) is 0.368. The molecule has 3 aromatic rings. The molecular weight excluding hydrogens is 412 g/mol. The molecular formula is C19H25BrN4O3. The maximum Gasteiger partial charge on any atom is 0.207 e. The van der Waals surface area contributed by atoms with Crippen molar-refractivity contribution < 1.29 is 36.0 Å². The van der Waals surface area contributed by atoms with Crippen LogP contribution in [0.3, 0.4) is 0 Å². The monoisotopic (exact) mass is 436 g/mol. The van der Waals surface area contributed by atoms with E-state index in [9.17, 15) is 5.11 Å². The van der Waals surface area contributed by atoms with Gasteiger partial charge in [-0.1, -0.05) is 12.1 Å². The van der Waals surface area contributed by atoms with Gasteiger partial charge in [0.1, 0.15) is 35.6 Å². The molecule has 0 saturated heterocycles. The highest BCUT2D eigenvalue weighted by molar-refractivity contribution is 5.73. The molecule has 146 valence electrons. The van der Waals surface area contributed by atoms with E-state index in [0.717, 1.165) is 23.1 Å². The zero-order valence-corrected chi connectivity index (χ0v) is 17.5. The van der Waals surface area contributed by atoms with Crippen molar-refractivity contribution in [1.29, 1.82) is 0 Å². The van der Waals surface area contributed by atoms with Crippen LogP contribution in [-0.4, -0.2) is 65.7 Å². The molecule has 0 fully saturated rings. The van der Waals surface area contributed by atoms with Crippen molar-refractivity contribution in [2.45, 2.75) is 12.8 Å². The number of methoxy groups -OCH3 is 2. The molecule has 8 heteroatoms. The first kappa shape index (κ1) is 21.3. The molecule has 7 nitrogen and oxygen atoms in total. The second-order valence-electron chi connectivity index (χ2n) is 6.98. The number of halogens is 1. The standard InChI is InChI=1S/C19H24N4O3.BrH/c1-23(2,13-19(25-3)26-4)12-14-9-10-18(24)17(11-14)22-20-15-7-5-6-8-16(15)21-22;/h5-11,19H,12-13H2,1-4H3;1H. The lowest BCUT2D eigenvalue weighted by Gasteiger charge is -2.32. The van der Waals surface area contributed by atoms with Crippen LogP contribution in [0, 0.1) is 0 Å². The SMILES string of the molecule is COC(C[N+](C)(C)Cc1ccc(O)c(-n2nc3ccccc3n2)c1)OC.[Br-]. The second-order valence-corrected chi connectivity index (χ2v) is 6.98. The van der Waals surface area contributed by atoms with Crippen molar-refractivity contribution in [1.82, 2.24) is 15.0 Å². The van der Waals surface area contributed by atoms with E-state index in [1.54, 1.807) is 20.3 Å². The Morgan fingerprint density at radius 3 is 2.19 bits per heavy atom. The number of quaternary nitrogens is 1. The third-order valence-corrected chi connectivity index (χ3v) is 4.32. The number of benzene rings is 2. The summed E-state index contributed by atoms with van der Waals surface area (Å²) in [4.78, 5) is 1.48. The molecule has 0 aliphatic rings. The Morgan fingerprint density at radius 2 is 1.63 bits per heavy atom.